The fourth-order valence-electron chi connectivity index (χ4n) is 3.40. The molecule has 27 heavy (non-hydrogen) atoms. The molecule has 0 atom stereocenters. The van der Waals surface area contributed by atoms with Crippen LogP contribution in [0.3, 0.4) is 0 Å². The third-order valence-corrected chi connectivity index (χ3v) is 5.54. The zero-order chi connectivity index (χ0) is 18.8. The van der Waals surface area contributed by atoms with E-state index in [1.807, 2.05) is 58.4 Å². The molecule has 0 saturated carbocycles. The summed E-state index contributed by atoms with van der Waals surface area (Å²) >= 11 is 1.59. The summed E-state index contributed by atoms with van der Waals surface area (Å²) in [6.45, 7) is 1.82. The maximum Gasteiger partial charge on any atom is 0.265 e. The molecular formula is C20H23N5OS. The molecule has 3 aromatic rings. The van der Waals surface area contributed by atoms with Crippen molar-refractivity contribution in [1.29, 1.82) is 0 Å². The van der Waals surface area contributed by atoms with Crippen LogP contribution < -0.4 is 11.2 Å². The van der Waals surface area contributed by atoms with E-state index in [1.54, 1.807) is 11.8 Å². The lowest BCUT2D eigenvalue weighted by Gasteiger charge is -2.26. The number of thioether (sulfide) groups is 1. The average molecular weight is 382 g/mol. The minimum atomic E-state index is -0.0745. The number of nitrogen functional groups attached to an aromatic ring is 1. The van der Waals surface area contributed by atoms with Crippen LogP contribution in [0.2, 0.25) is 0 Å². The summed E-state index contributed by atoms with van der Waals surface area (Å²) in [6.07, 6.45) is 5.49. The lowest BCUT2D eigenvalue weighted by atomic mass is 10.1. The number of nitrogens with one attached hydrogen (secondary N) is 1. The summed E-state index contributed by atoms with van der Waals surface area (Å²) in [6, 6.07) is 13.4. The molecule has 0 bridgehead atoms. The Morgan fingerprint density at radius 3 is 2.56 bits per heavy atom. The number of carbonyl (C=O) groups excluding carboxylic acids is 1. The van der Waals surface area contributed by atoms with Gasteiger partial charge in [-0.1, -0.05) is 6.42 Å². The first kappa shape index (κ1) is 17.9. The van der Waals surface area contributed by atoms with E-state index in [9.17, 15) is 4.79 Å². The number of hydrogen-bond donors (Lipinski definition) is 2. The van der Waals surface area contributed by atoms with Gasteiger partial charge in [-0.2, -0.15) is 5.10 Å². The Balaban J connectivity index is 1.70. The molecule has 3 N–H and O–H groups in total. The number of hydrogen-bond acceptors (Lipinski definition) is 5. The van der Waals surface area contributed by atoms with Crippen molar-refractivity contribution >= 4 is 34.3 Å². The van der Waals surface area contributed by atoms with Crippen LogP contribution in [-0.2, 0) is 0 Å². The molecule has 1 aromatic heterocycles. The Kier molecular flexibility index (Phi) is 5.05. The van der Waals surface area contributed by atoms with Crippen LogP contribution in [0.4, 0.5) is 5.69 Å². The van der Waals surface area contributed by atoms with Crippen LogP contribution in [0.25, 0.3) is 16.6 Å². The second kappa shape index (κ2) is 7.62. The molecule has 2 aromatic carbocycles. The van der Waals surface area contributed by atoms with Crippen molar-refractivity contribution in [3.05, 3.63) is 48.0 Å². The normalized spacial score (nSPS) is 15.1. The first-order valence-electron chi connectivity index (χ1n) is 9.14. The summed E-state index contributed by atoms with van der Waals surface area (Å²) in [5.41, 5.74) is 12.0. The molecule has 1 amide bonds. The van der Waals surface area contributed by atoms with Gasteiger partial charge < -0.3 is 5.73 Å². The fraction of sp³-hybridized carbons (Fsp3) is 0.300. The monoisotopic (exact) mass is 381 g/mol. The van der Waals surface area contributed by atoms with Gasteiger partial charge in [-0.3, -0.25) is 10.2 Å². The number of rotatable bonds is 4. The van der Waals surface area contributed by atoms with E-state index in [0.717, 1.165) is 47.5 Å². The second-order valence-corrected chi connectivity index (χ2v) is 7.53. The zero-order valence-electron chi connectivity index (χ0n) is 15.3. The van der Waals surface area contributed by atoms with Crippen molar-refractivity contribution in [1.82, 2.24) is 20.2 Å². The van der Waals surface area contributed by atoms with Gasteiger partial charge in [-0.15, -0.1) is 11.8 Å². The summed E-state index contributed by atoms with van der Waals surface area (Å²) in [7, 11) is 0. The van der Waals surface area contributed by atoms with Crippen LogP contribution in [0.15, 0.2) is 47.5 Å². The molecule has 1 aliphatic rings. The zero-order valence-corrected chi connectivity index (χ0v) is 16.1. The molecule has 1 fully saturated rings. The van der Waals surface area contributed by atoms with Crippen molar-refractivity contribution in [3.63, 3.8) is 0 Å². The number of aromatic nitrogens is 2. The van der Waals surface area contributed by atoms with Crippen molar-refractivity contribution in [2.45, 2.75) is 24.3 Å². The third kappa shape index (κ3) is 3.65. The molecule has 1 saturated heterocycles. The highest BCUT2D eigenvalue weighted by Crippen LogP contribution is 2.29. The molecule has 1 aliphatic heterocycles. The van der Waals surface area contributed by atoms with Crippen LogP contribution >= 0.6 is 11.8 Å². The first-order chi connectivity index (χ1) is 13.2. The maximum absolute atomic E-state index is 12.7. The number of nitrogens with zero attached hydrogens (tertiary/aromatic N) is 3. The van der Waals surface area contributed by atoms with Crippen LogP contribution in [0, 0.1) is 0 Å². The van der Waals surface area contributed by atoms with Gasteiger partial charge in [0.2, 0.25) is 0 Å². The minimum absolute atomic E-state index is 0.0745. The number of fused-ring (bicyclic) bond motifs is 1. The van der Waals surface area contributed by atoms with E-state index in [4.69, 9.17) is 10.8 Å². The quantitative estimate of drug-likeness (QED) is 0.535. The van der Waals surface area contributed by atoms with Crippen molar-refractivity contribution in [3.8, 4) is 5.69 Å². The number of benzene rings is 2. The molecule has 0 radical (unpaired) electrons. The van der Waals surface area contributed by atoms with Gasteiger partial charge in [0.1, 0.15) is 5.03 Å². The first-order valence-corrected chi connectivity index (χ1v) is 10.4. The topological polar surface area (TPSA) is 76.2 Å². The standard InChI is InChI=1S/C20H23N5OS/c1-27-20-17-10-5-14(19(26)22-24-11-3-2-4-12-24)13-18(17)25(23-20)16-8-6-15(21)7-9-16/h5-10,13H,2-4,11-12,21H2,1H3,(H,22,26). The van der Waals surface area contributed by atoms with Crippen molar-refractivity contribution in [2.24, 2.45) is 0 Å². The highest BCUT2D eigenvalue weighted by molar-refractivity contribution is 7.98. The van der Waals surface area contributed by atoms with Gasteiger partial charge in [0, 0.05) is 29.7 Å². The Bertz CT molecular complexity index is 960. The lowest BCUT2D eigenvalue weighted by Crippen LogP contribution is -2.45. The Morgan fingerprint density at radius 1 is 1.11 bits per heavy atom. The summed E-state index contributed by atoms with van der Waals surface area (Å²) in [5.74, 6) is -0.0745. The summed E-state index contributed by atoms with van der Waals surface area (Å²) in [4.78, 5) is 12.7. The van der Waals surface area contributed by atoms with Crippen molar-refractivity contribution in [2.75, 3.05) is 25.1 Å². The number of amides is 1. The molecule has 0 unspecified atom stereocenters. The van der Waals surface area contributed by atoms with Gasteiger partial charge >= 0.3 is 0 Å². The third-order valence-electron chi connectivity index (χ3n) is 4.86. The molecule has 0 spiro atoms. The SMILES string of the molecule is CSc1nn(-c2ccc(N)cc2)c2cc(C(=O)NN3CCCCC3)ccc12. The van der Waals surface area contributed by atoms with Gasteiger partial charge in [-0.25, -0.2) is 9.69 Å². The number of carbonyl (C=O) groups is 1. The molecule has 6 nitrogen and oxygen atoms in total. The van der Waals surface area contributed by atoms with Crippen molar-refractivity contribution < 1.29 is 4.79 Å². The number of anilines is 1. The fourth-order valence-corrected chi connectivity index (χ4v) is 3.96. The smallest absolute Gasteiger partial charge is 0.265 e. The minimum Gasteiger partial charge on any atom is -0.399 e. The highest BCUT2D eigenvalue weighted by atomic mass is 32.2. The van der Waals surface area contributed by atoms with Crippen LogP contribution in [0.1, 0.15) is 29.6 Å². The van der Waals surface area contributed by atoms with Crippen LogP contribution in [0.5, 0.6) is 0 Å². The van der Waals surface area contributed by atoms with Gasteiger partial charge in [0.25, 0.3) is 5.91 Å². The predicted molar refractivity (Wildman–Crippen MR) is 110 cm³/mol. The van der Waals surface area contributed by atoms with E-state index in [2.05, 4.69) is 5.43 Å². The van der Waals surface area contributed by atoms with Gasteiger partial charge in [0.15, 0.2) is 0 Å². The van der Waals surface area contributed by atoms with E-state index >= 15 is 0 Å². The second-order valence-electron chi connectivity index (χ2n) is 6.73. The Hall–Kier alpha value is -2.51. The number of nitrogens with two attached hydrogens (primary N) is 1. The van der Waals surface area contributed by atoms with E-state index in [0.29, 0.717) is 11.3 Å². The van der Waals surface area contributed by atoms with Crippen LogP contribution in [-0.4, -0.2) is 40.0 Å². The molecule has 0 aliphatic carbocycles. The summed E-state index contributed by atoms with van der Waals surface area (Å²) in [5, 5.41) is 8.71. The van der Waals surface area contributed by atoms with E-state index in [-0.39, 0.29) is 5.91 Å². The molecule has 7 heteroatoms. The van der Waals surface area contributed by atoms with E-state index in [1.165, 1.54) is 6.42 Å². The Labute approximate surface area is 162 Å². The number of hydrazine groups is 1. The van der Waals surface area contributed by atoms with Gasteiger partial charge in [-0.05, 0) is 61.6 Å². The lowest BCUT2D eigenvalue weighted by molar-refractivity contribution is 0.0750. The highest BCUT2D eigenvalue weighted by Gasteiger charge is 2.17. The average Bonchev–Trinajstić information content (AvgIpc) is 3.07. The Morgan fingerprint density at radius 2 is 1.85 bits per heavy atom. The van der Waals surface area contributed by atoms with Gasteiger partial charge in [0.05, 0.1) is 11.2 Å². The molecular weight excluding hydrogens is 358 g/mol. The molecule has 140 valence electrons. The maximum atomic E-state index is 12.7. The summed E-state index contributed by atoms with van der Waals surface area (Å²) < 4.78 is 1.87. The molecule has 2 heterocycles. The predicted octanol–water partition coefficient (Wildman–Crippen LogP) is 3.46. The number of piperidine rings is 1. The molecule has 4 rings (SSSR count). The van der Waals surface area contributed by atoms with E-state index < -0.39 is 0 Å². The largest absolute Gasteiger partial charge is 0.399 e.